The van der Waals surface area contributed by atoms with Crippen molar-refractivity contribution in [2.24, 2.45) is 0 Å². The normalized spacial score (nSPS) is 11.1. The first kappa shape index (κ1) is 11.1. The minimum Gasteiger partial charge on any atom is -0.466 e. The molecule has 0 fully saturated rings. The Morgan fingerprint density at radius 3 is 3.12 bits per heavy atom. The molecule has 2 rings (SSSR count). The highest BCUT2D eigenvalue weighted by molar-refractivity contribution is 5.82. The topological polar surface area (TPSA) is 95.9 Å². The zero-order valence-corrected chi connectivity index (χ0v) is 9.20. The predicted molar refractivity (Wildman–Crippen MR) is 60.9 cm³/mol. The first-order valence-corrected chi connectivity index (χ1v) is 4.88. The molecule has 0 unspecified atom stereocenters. The van der Waals surface area contributed by atoms with Crippen LogP contribution in [0, 0.1) is 0 Å². The summed E-state index contributed by atoms with van der Waals surface area (Å²) < 4.78 is 6.24. The van der Waals surface area contributed by atoms with Gasteiger partial charge in [-0.05, 0) is 0 Å². The van der Waals surface area contributed by atoms with Gasteiger partial charge >= 0.3 is 5.97 Å². The molecule has 0 amide bonds. The lowest BCUT2D eigenvalue weighted by Crippen LogP contribution is -1.99. The number of hydrogen-bond donors (Lipinski definition) is 1. The molecule has 0 aliphatic carbocycles. The monoisotopic (exact) mass is 233 g/mol. The largest absolute Gasteiger partial charge is 0.466 e. The van der Waals surface area contributed by atoms with Gasteiger partial charge in [-0.2, -0.15) is 0 Å². The van der Waals surface area contributed by atoms with Crippen LogP contribution in [-0.4, -0.2) is 32.6 Å². The van der Waals surface area contributed by atoms with Crippen molar-refractivity contribution in [2.45, 2.75) is 6.54 Å². The maximum absolute atomic E-state index is 10.9. The standard InChI is InChI=1S/C10H11N5O2/c1-17-7(16)3-2-4-15-6-14-8-9(11)12-5-13-10(8)15/h2-3,5-6H,4H2,1H3,(H2,11,12,13). The van der Waals surface area contributed by atoms with Crippen LogP contribution >= 0.6 is 0 Å². The van der Waals surface area contributed by atoms with Crippen molar-refractivity contribution >= 4 is 23.0 Å². The second-order valence-corrected chi connectivity index (χ2v) is 3.25. The van der Waals surface area contributed by atoms with Crippen LogP contribution < -0.4 is 5.73 Å². The van der Waals surface area contributed by atoms with E-state index in [9.17, 15) is 4.79 Å². The van der Waals surface area contributed by atoms with Gasteiger partial charge in [-0.3, -0.25) is 0 Å². The van der Waals surface area contributed by atoms with Gasteiger partial charge in [-0.15, -0.1) is 0 Å². The number of carbonyl (C=O) groups is 1. The number of esters is 1. The van der Waals surface area contributed by atoms with E-state index in [-0.39, 0.29) is 0 Å². The SMILES string of the molecule is COC(=O)C=CCn1cnc2c(N)ncnc21. The van der Waals surface area contributed by atoms with E-state index < -0.39 is 5.97 Å². The minimum absolute atomic E-state index is 0.339. The Bertz CT molecular complexity index is 575. The van der Waals surface area contributed by atoms with E-state index in [0.717, 1.165) is 0 Å². The van der Waals surface area contributed by atoms with Gasteiger partial charge in [0, 0.05) is 12.6 Å². The molecule has 2 heterocycles. The second-order valence-electron chi connectivity index (χ2n) is 3.25. The van der Waals surface area contributed by atoms with Crippen molar-refractivity contribution in [2.75, 3.05) is 12.8 Å². The number of aromatic nitrogens is 4. The van der Waals surface area contributed by atoms with Crippen LogP contribution in [0.5, 0.6) is 0 Å². The maximum atomic E-state index is 10.9. The van der Waals surface area contributed by atoms with Crippen LogP contribution in [0.15, 0.2) is 24.8 Å². The number of methoxy groups -OCH3 is 1. The fourth-order valence-electron chi connectivity index (χ4n) is 1.36. The van der Waals surface area contributed by atoms with Gasteiger partial charge in [-0.25, -0.2) is 19.7 Å². The molecule has 0 saturated carbocycles. The number of hydrogen-bond acceptors (Lipinski definition) is 6. The van der Waals surface area contributed by atoms with E-state index in [1.807, 2.05) is 0 Å². The lowest BCUT2D eigenvalue weighted by Gasteiger charge is -1.98. The number of anilines is 1. The Morgan fingerprint density at radius 2 is 2.35 bits per heavy atom. The molecule has 2 aromatic rings. The number of fused-ring (bicyclic) bond motifs is 1. The van der Waals surface area contributed by atoms with Crippen molar-refractivity contribution in [3.05, 3.63) is 24.8 Å². The first-order chi connectivity index (χ1) is 8.22. The first-order valence-electron chi connectivity index (χ1n) is 4.88. The average molecular weight is 233 g/mol. The van der Waals surface area contributed by atoms with Crippen molar-refractivity contribution < 1.29 is 9.53 Å². The second kappa shape index (κ2) is 4.60. The zero-order chi connectivity index (χ0) is 12.3. The molecular weight excluding hydrogens is 222 g/mol. The molecule has 0 aliphatic rings. The van der Waals surface area contributed by atoms with Crippen LogP contribution in [0.1, 0.15) is 0 Å². The smallest absolute Gasteiger partial charge is 0.330 e. The molecule has 2 N–H and O–H groups in total. The quantitative estimate of drug-likeness (QED) is 0.598. The van der Waals surface area contributed by atoms with Gasteiger partial charge in [0.15, 0.2) is 11.5 Å². The number of rotatable bonds is 3. The molecular formula is C10H11N5O2. The third-order valence-corrected chi connectivity index (χ3v) is 2.19. The van der Waals surface area contributed by atoms with Gasteiger partial charge in [0.05, 0.1) is 13.4 Å². The summed E-state index contributed by atoms with van der Waals surface area (Å²) in [5.41, 5.74) is 6.83. The summed E-state index contributed by atoms with van der Waals surface area (Å²) in [7, 11) is 1.33. The molecule has 17 heavy (non-hydrogen) atoms. The number of imidazole rings is 1. The number of nitrogens with two attached hydrogens (primary N) is 1. The Kier molecular flexibility index (Phi) is 2.99. The molecule has 7 nitrogen and oxygen atoms in total. The highest BCUT2D eigenvalue weighted by Crippen LogP contribution is 2.13. The minimum atomic E-state index is -0.399. The maximum Gasteiger partial charge on any atom is 0.330 e. The number of nitrogens with zero attached hydrogens (tertiary/aromatic N) is 4. The fourth-order valence-corrected chi connectivity index (χ4v) is 1.36. The molecule has 0 radical (unpaired) electrons. The van der Waals surface area contributed by atoms with E-state index in [4.69, 9.17) is 5.73 Å². The highest BCUT2D eigenvalue weighted by Gasteiger charge is 2.06. The summed E-state index contributed by atoms with van der Waals surface area (Å²) in [5.74, 6) is -0.0609. The third-order valence-electron chi connectivity index (χ3n) is 2.19. The summed E-state index contributed by atoms with van der Waals surface area (Å²) in [6, 6.07) is 0. The molecule has 88 valence electrons. The Hall–Kier alpha value is -2.44. The summed E-state index contributed by atoms with van der Waals surface area (Å²) in [6.07, 6.45) is 5.97. The van der Waals surface area contributed by atoms with Crippen LogP contribution in [-0.2, 0) is 16.1 Å². The molecule has 0 aromatic carbocycles. The summed E-state index contributed by atoms with van der Waals surface area (Å²) in [4.78, 5) is 22.9. The lowest BCUT2D eigenvalue weighted by atomic mass is 10.4. The van der Waals surface area contributed by atoms with Gasteiger partial charge in [0.2, 0.25) is 0 Å². The summed E-state index contributed by atoms with van der Waals surface area (Å²) >= 11 is 0. The van der Waals surface area contributed by atoms with E-state index in [1.54, 1.807) is 17.0 Å². The van der Waals surface area contributed by atoms with Crippen molar-refractivity contribution in [1.29, 1.82) is 0 Å². The van der Waals surface area contributed by atoms with Crippen LogP contribution in [0.4, 0.5) is 5.82 Å². The van der Waals surface area contributed by atoms with Crippen molar-refractivity contribution in [1.82, 2.24) is 19.5 Å². The molecule has 7 heteroatoms. The molecule has 0 spiro atoms. The van der Waals surface area contributed by atoms with E-state index in [2.05, 4.69) is 19.7 Å². The molecule has 0 atom stereocenters. The number of ether oxygens (including phenoxy) is 1. The lowest BCUT2D eigenvalue weighted by molar-refractivity contribution is -0.134. The van der Waals surface area contributed by atoms with E-state index in [1.165, 1.54) is 19.5 Å². The Morgan fingerprint density at radius 1 is 1.53 bits per heavy atom. The Balaban J connectivity index is 2.23. The molecule has 0 bridgehead atoms. The average Bonchev–Trinajstić information content (AvgIpc) is 2.74. The van der Waals surface area contributed by atoms with Gasteiger partial charge in [0.1, 0.15) is 11.8 Å². The van der Waals surface area contributed by atoms with E-state index in [0.29, 0.717) is 23.5 Å². The van der Waals surface area contributed by atoms with Crippen LogP contribution in [0.25, 0.3) is 11.2 Å². The van der Waals surface area contributed by atoms with E-state index >= 15 is 0 Å². The number of carbonyl (C=O) groups excluding carboxylic acids is 1. The summed E-state index contributed by atoms with van der Waals surface area (Å²) in [6.45, 7) is 0.460. The molecule has 0 aliphatic heterocycles. The fraction of sp³-hybridized carbons (Fsp3) is 0.200. The zero-order valence-electron chi connectivity index (χ0n) is 9.20. The van der Waals surface area contributed by atoms with Gasteiger partial charge < -0.3 is 15.0 Å². The number of nitrogen functional groups attached to an aromatic ring is 1. The Labute approximate surface area is 96.9 Å². The predicted octanol–water partition coefficient (Wildman–Crippen LogP) is 0.138. The van der Waals surface area contributed by atoms with Gasteiger partial charge in [-0.1, -0.05) is 6.08 Å². The molecule has 0 saturated heterocycles. The third kappa shape index (κ3) is 2.22. The van der Waals surface area contributed by atoms with Crippen LogP contribution in [0.3, 0.4) is 0 Å². The van der Waals surface area contributed by atoms with Crippen molar-refractivity contribution in [3.63, 3.8) is 0 Å². The molecule has 2 aromatic heterocycles. The van der Waals surface area contributed by atoms with Gasteiger partial charge in [0.25, 0.3) is 0 Å². The summed E-state index contributed by atoms with van der Waals surface area (Å²) in [5, 5.41) is 0. The van der Waals surface area contributed by atoms with Crippen LogP contribution in [0.2, 0.25) is 0 Å². The highest BCUT2D eigenvalue weighted by atomic mass is 16.5. The number of allylic oxidation sites excluding steroid dienone is 1. The van der Waals surface area contributed by atoms with Crippen molar-refractivity contribution in [3.8, 4) is 0 Å².